The number of aromatic amines is 1. The van der Waals surface area contributed by atoms with Crippen LogP contribution in [0.25, 0.3) is 22.2 Å². The highest BCUT2D eigenvalue weighted by Gasteiger charge is 2.24. The number of H-pyrrole nitrogens is 1. The standard InChI is InChI=1S/C22H24N4O/c1-3-19(22(23)24)25-13(2)10-18-17-7-6-15(14-4-5-14)11-20(17)26-21(18)16-8-9-27-12-16/h3,6-9,11-12,14,26H,4-5,10H2,1-2H3,(H3,23,24)/b19-3-,25-13?. The van der Waals surface area contributed by atoms with Gasteiger partial charge in [0.25, 0.3) is 0 Å². The van der Waals surface area contributed by atoms with Gasteiger partial charge in [-0.25, -0.2) is 0 Å². The number of furan rings is 1. The first-order valence-corrected chi connectivity index (χ1v) is 9.28. The molecule has 5 nitrogen and oxygen atoms in total. The van der Waals surface area contributed by atoms with Gasteiger partial charge in [0.05, 0.1) is 18.2 Å². The molecule has 0 radical (unpaired) electrons. The number of hydrogen-bond donors (Lipinski definition) is 3. The van der Waals surface area contributed by atoms with Gasteiger partial charge in [-0.15, -0.1) is 0 Å². The topological polar surface area (TPSA) is 91.2 Å². The first-order valence-electron chi connectivity index (χ1n) is 9.28. The molecule has 1 aromatic carbocycles. The van der Waals surface area contributed by atoms with Crippen LogP contribution in [0.15, 0.2) is 58.0 Å². The maximum atomic E-state index is 7.64. The molecular weight excluding hydrogens is 336 g/mol. The number of allylic oxidation sites excluding steroid dienone is 1. The lowest BCUT2D eigenvalue weighted by atomic mass is 10.0. The minimum absolute atomic E-state index is 0.0140. The van der Waals surface area contributed by atoms with Crippen LogP contribution in [0.5, 0.6) is 0 Å². The van der Waals surface area contributed by atoms with Crippen molar-refractivity contribution in [1.82, 2.24) is 4.98 Å². The number of nitrogens with two attached hydrogens (primary N) is 1. The Bertz CT molecular complexity index is 1050. The molecule has 5 heteroatoms. The Labute approximate surface area is 158 Å². The number of nitrogens with one attached hydrogen (secondary N) is 2. The van der Waals surface area contributed by atoms with Crippen molar-refractivity contribution in [3.8, 4) is 11.3 Å². The van der Waals surface area contributed by atoms with Crippen molar-refractivity contribution in [1.29, 1.82) is 5.41 Å². The fourth-order valence-electron chi connectivity index (χ4n) is 3.56. The first kappa shape index (κ1) is 17.3. The predicted molar refractivity (Wildman–Crippen MR) is 110 cm³/mol. The summed E-state index contributed by atoms with van der Waals surface area (Å²) >= 11 is 0. The van der Waals surface area contributed by atoms with Gasteiger partial charge in [-0.2, -0.15) is 0 Å². The molecular formula is C22H24N4O. The van der Waals surface area contributed by atoms with Gasteiger partial charge in [0.1, 0.15) is 11.5 Å². The van der Waals surface area contributed by atoms with E-state index in [1.165, 1.54) is 29.4 Å². The molecule has 4 rings (SSSR count). The summed E-state index contributed by atoms with van der Waals surface area (Å²) in [7, 11) is 0. The van der Waals surface area contributed by atoms with Crippen molar-refractivity contribution < 1.29 is 4.42 Å². The maximum Gasteiger partial charge on any atom is 0.141 e. The van der Waals surface area contributed by atoms with E-state index in [4.69, 9.17) is 15.6 Å². The van der Waals surface area contributed by atoms with E-state index < -0.39 is 0 Å². The molecule has 0 spiro atoms. The van der Waals surface area contributed by atoms with Gasteiger partial charge < -0.3 is 15.1 Å². The van der Waals surface area contributed by atoms with Crippen LogP contribution in [0, 0.1) is 5.41 Å². The number of rotatable bonds is 6. The second-order valence-electron chi connectivity index (χ2n) is 7.18. The molecule has 2 heterocycles. The molecule has 0 aliphatic heterocycles. The highest BCUT2D eigenvalue weighted by atomic mass is 16.3. The Morgan fingerprint density at radius 3 is 2.81 bits per heavy atom. The smallest absolute Gasteiger partial charge is 0.141 e. The highest BCUT2D eigenvalue weighted by Crippen LogP contribution is 2.42. The van der Waals surface area contributed by atoms with Crippen LogP contribution in [-0.2, 0) is 6.42 Å². The number of nitrogens with zero attached hydrogens (tertiary/aromatic N) is 1. The van der Waals surface area contributed by atoms with Crippen molar-refractivity contribution in [3.05, 3.63) is 59.7 Å². The maximum absolute atomic E-state index is 7.64. The molecule has 0 saturated heterocycles. The Morgan fingerprint density at radius 2 is 2.19 bits per heavy atom. The van der Waals surface area contributed by atoms with Crippen LogP contribution in [0.2, 0.25) is 0 Å². The fourth-order valence-corrected chi connectivity index (χ4v) is 3.56. The third-order valence-corrected chi connectivity index (χ3v) is 5.08. The number of amidine groups is 1. The van der Waals surface area contributed by atoms with Gasteiger partial charge in [0.15, 0.2) is 0 Å². The molecule has 2 aromatic heterocycles. The largest absolute Gasteiger partial charge is 0.472 e. The monoisotopic (exact) mass is 360 g/mol. The molecule has 1 aliphatic rings. The zero-order valence-electron chi connectivity index (χ0n) is 15.7. The second kappa shape index (κ2) is 6.91. The van der Waals surface area contributed by atoms with E-state index in [-0.39, 0.29) is 5.84 Å². The van der Waals surface area contributed by atoms with Crippen LogP contribution in [0.4, 0.5) is 0 Å². The van der Waals surface area contributed by atoms with Crippen LogP contribution in [0.1, 0.15) is 43.7 Å². The van der Waals surface area contributed by atoms with Crippen LogP contribution in [-0.4, -0.2) is 16.5 Å². The van der Waals surface area contributed by atoms with E-state index in [0.29, 0.717) is 12.1 Å². The molecule has 4 N–H and O–H groups in total. The SMILES string of the molecule is C/C=C(\N=C(C)Cc1c(-c2ccoc2)[nH]c2cc(C3CC3)ccc12)C(=N)N. The molecule has 3 aromatic rings. The highest BCUT2D eigenvalue weighted by molar-refractivity contribution is 6.00. The second-order valence-corrected chi connectivity index (χ2v) is 7.18. The summed E-state index contributed by atoms with van der Waals surface area (Å²) in [6.45, 7) is 3.82. The third kappa shape index (κ3) is 3.45. The Morgan fingerprint density at radius 1 is 1.37 bits per heavy atom. The first-order chi connectivity index (χ1) is 13.1. The molecule has 0 bridgehead atoms. The summed E-state index contributed by atoms with van der Waals surface area (Å²) in [5, 5.41) is 8.84. The van der Waals surface area contributed by atoms with Crippen LogP contribution in [0.3, 0.4) is 0 Å². The average Bonchev–Trinajstić information content (AvgIpc) is 3.24. The van der Waals surface area contributed by atoms with Crippen LogP contribution >= 0.6 is 0 Å². The molecule has 0 unspecified atom stereocenters. The van der Waals surface area contributed by atoms with E-state index in [1.54, 1.807) is 18.6 Å². The Balaban J connectivity index is 1.78. The van der Waals surface area contributed by atoms with Crippen molar-refractivity contribution >= 4 is 22.5 Å². The van der Waals surface area contributed by atoms with Gasteiger partial charge in [0.2, 0.25) is 0 Å². The number of benzene rings is 1. The third-order valence-electron chi connectivity index (χ3n) is 5.08. The van der Waals surface area contributed by atoms with Gasteiger partial charge in [-0.1, -0.05) is 18.2 Å². The van der Waals surface area contributed by atoms with E-state index >= 15 is 0 Å². The van der Waals surface area contributed by atoms with Gasteiger partial charge >= 0.3 is 0 Å². The van der Waals surface area contributed by atoms with Gasteiger partial charge in [0, 0.05) is 28.6 Å². The Kier molecular flexibility index (Phi) is 4.44. The molecule has 0 atom stereocenters. The van der Waals surface area contributed by atoms with Crippen molar-refractivity contribution in [3.63, 3.8) is 0 Å². The lowest BCUT2D eigenvalue weighted by Gasteiger charge is -2.06. The quantitative estimate of drug-likeness (QED) is 0.419. The zero-order chi connectivity index (χ0) is 19.0. The summed E-state index contributed by atoms with van der Waals surface area (Å²) in [6.07, 6.45) is 8.46. The molecule has 1 fully saturated rings. The fraction of sp³-hybridized carbons (Fsp3) is 0.273. The number of hydrogen-bond acceptors (Lipinski definition) is 3. The summed E-state index contributed by atoms with van der Waals surface area (Å²) < 4.78 is 5.31. The molecule has 0 amide bonds. The van der Waals surface area contributed by atoms with Crippen molar-refractivity contribution in [2.24, 2.45) is 10.7 Å². The average molecular weight is 360 g/mol. The minimum Gasteiger partial charge on any atom is -0.472 e. The van der Waals surface area contributed by atoms with Crippen molar-refractivity contribution in [2.75, 3.05) is 0 Å². The summed E-state index contributed by atoms with van der Waals surface area (Å²) in [6, 6.07) is 8.71. The van der Waals surface area contributed by atoms with E-state index in [1.807, 2.05) is 19.9 Å². The van der Waals surface area contributed by atoms with E-state index in [2.05, 4.69) is 28.2 Å². The number of aliphatic imine (C=N–C) groups is 1. The van der Waals surface area contributed by atoms with Gasteiger partial charge in [-0.3, -0.25) is 10.4 Å². The molecule has 138 valence electrons. The normalized spacial score (nSPS) is 15.5. The number of fused-ring (bicyclic) bond motifs is 1. The van der Waals surface area contributed by atoms with Crippen molar-refractivity contribution in [2.45, 2.75) is 39.0 Å². The Hall–Kier alpha value is -3.08. The zero-order valence-corrected chi connectivity index (χ0v) is 15.7. The molecule has 1 saturated carbocycles. The predicted octanol–water partition coefficient (Wildman–Crippen LogP) is 5.15. The number of aromatic nitrogens is 1. The summed E-state index contributed by atoms with van der Waals surface area (Å²) in [4.78, 5) is 8.13. The molecule has 27 heavy (non-hydrogen) atoms. The van der Waals surface area contributed by atoms with Gasteiger partial charge in [-0.05, 0) is 55.9 Å². The van der Waals surface area contributed by atoms with E-state index in [0.717, 1.165) is 28.4 Å². The van der Waals surface area contributed by atoms with Crippen LogP contribution < -0.4 is 5.73 Å². The lowest BCUT2D eigenvalue weighted by molar-refractivity contribution is 0.568. The lowest BCUT2D eigenvalue weighted by Crippen LogP contribution is -2.13. The van der Waals surface area contributed by atoms with E-state index in [9.17, 15) is 0 Å². The molecule has 1 aliphatic carbocycles. The summed E-state index contributed by atoms with van der Waals surface area (Å²) in [5.74, 6) is 0.703. The minimum atomic E-state index is -0.0140. The summed E-state index contributed by atoms with van der Waals surface area (Å²) in [5.41, 5.74) is 12.9.